The van der Waals surface area contributed by atoms with Gasteiger partial charge in [-0.3, -0.25) is 0 Å². The molecule has 0 aliphatic heterocycles. The molecule has 4 heteroatoms. The Morgan fingerprint density at radius 2 is 2.00 bits per heavy atom. The van der Waals surface area contributed by atoms with Crippen molar-refractivity contribution in [2.24, 2.45) is 0 Å². The molecule has 0 aromatic heterocycles. The van der Waals surface area contributed by atoms with Crippen LogP contribution in [0.5, 0.6) is 5.75 Å². The molecule has 0 spiro atoms. The molecule has 0 saturated carbocycles. The van der Waals surface area contributed by atoms with Crippen LogP contribution in [0.2, 0.25) is 5.02 Å². The molecule has 1 N–H and O–H groups in total. The van der Waals surface area contributed by atoms with Gasteiger partial charge in [0, 0.05) is 23.6 Å². The second kappa shape index (κ2) is 7.68. The van der Waals surface area contributed by atoms with Crippen molar-refractivity contribution in [2.75, 3.05) is 6.61 Å². The fourth-order valence-corrected chi connectivity index (χ4v) is 1.83. The first kappa shape index (κ1) is 15.4. The SMILES string of the molecule is OCCC#Cc1ccccc1COc1ccc(Cl)c(F)c1. The van der Waals surface area contributed by atoms with Crippen molar-refractivity contribution >= 4 is 11.6 Å². The highest BCUT2D eigenvalue weighted by Gasteiger charge is 2.04. The van der Waals surface area contributed by atoms with Crippen molar-refractivity contribution in [3.05, 3.63) is 64.4 Å². The van der Waals surface area contributed by atoms with Crippen LogP contribution in [-0.4, -0.2) is 11.7 Å². The molecule has 2 nitrogen and oxygen atoms in total. The number of hydrogen-bond donors (Lipinski definition) is 1. The maximum absolute atomic E-state index is 13.3. The van der Waals surface area contributed by atoms with Gasteiger partial charge in [0.1, 0.15) is 18.2 Å². The molecule has 0 aliphatic rings. The summed E-state index contributed by atoms with van der Waals surface area (Å²) >= 11 is 5.62. The van der Waals surface area contributed by atoms with Gasteiger partial charge in [-0.2, -0.15) is 0 Å². The van der Waals surface area contributed by atoms with Crippen LogP contribution in [0.25, 0.3) is 0 Å². The molecule has 108 valence electrons. The molecular formula is C17H14ClFO2. The Bertz CT molecular complexity index is 674. The number of benzene rings is 2. The average molecular weight is 305 g/mol. The van der Waals surface area contributed by atoms with Crippen molar-refractivity contribution in [2.45, 2.75) is 13.0 Å². The van der Waals surface area contributed by atoms with E-state index in [9.17, 15) is 4.39 Å². The quantitative estimate of drug-likeness (QED) is 0.871. The van der Waals surface area contributed by atoms with E-state index < -0.39 is 5.82 Å². The van der Waals surface area contributed by atoms with Crippen molar-refractivity contribution in [1.82, 2.24) is 0 Å². The molecule has 0 amide bonds. The fourth-order valence-electron chi connectivity index (χ4n) is 1.71. The molecule has 0 bridgehead atoms. The standard InChI is InChI=1S/C17H14ClFO2/c18-16-9-8-15(11-17(16)19)21-12-14-7-2-1-5-13(14)6-3-4-10-20/h1-2,5,7-9,11,20H,4,10,12H2. The summed E-state index contributed by atoms with van der Waals surface area (Å²) in [4.78, 5) is 0. The molecule has 0 fully saturated rings. The Balaban J connectivity index is 2.09. The zero-order valence-electron chi connectivity index (χ0n) is 11.3. The van der Waals surface area contributed by atoms with Gasteiger partial charge in [-0.25, -0.2) is 4.39 Å². The monoisotopic (exact) mass is 304 g/mol. The lowest BCUT2D eigenvalue weighted by Gasteiger charge is -2.08. The molecule has 0 saturated heterocycles. The minimum atomic E-state index is -0.509. The topological polar surface area (TPSA) is 29.5 Å². The van der Waals surface area contributed by atoms with E-state index in [0.29, 0.717) is 12.2 Å². The summed E-state index contributed by atoms with van der Waals surface area (Å²) in [5.41, 5.74) is 1.73. The zero-order chi connectivity index (χ0) is 15.1. The van der Waals surface area contributed by atoms with Gasteiger partial charge >= 0.3 is 0 Å². The van der Waals surface area contributed by atoms with E-state index in [2.05, 4.69) is 11.8 Å². The fraction of sp³-hybridized carbons (Fsp3) is 0.176. The van der Waals surface area contributed by atoms with Crippen LogP contribution in [0.4, 0.5) is 4.39 Å². The highest BCUT2D eigenvalue weighted by atomic mass is 35.5. The van der Waals surface area contributed by atoms with Gasteiger partial charge in [0.2, 0.25) is 0 Å². The second-order valence-electron chi connectivity index (χ2n) is 4.30. The van der Waals surface area contributed by atoms with Crippen LogP contribution in [-0.2, 0) is 6.61 Å². The summed E-state index contributed by atoms with van der Waals surface area (Å²) < 4.78 is 18.9. The molecule has 2 aromatic rings. The van der Waals surface area contributed by atoms with E-state index in [1.807, 2.05) is 24.3 Å². The maximum Gasteiger partial charge on any atom is 0.145 e. The van der Waals surface area contributed by atoms with Crippen LogP contribution in [0, 0.1) is 17.7 Å². The number of ether oxygens (including phenoxy) is 1. The predicted molar refractivity (Wildman–Crippen MR) is 80.8 cm³/mol. The Kier molecular flexibility index (Phi) is 5.62. The van der Waals surface area contributed by atoms with E-state index in [1.54, 1.807) is 6.07 Å². The number of rotatable bonds is 4. The molecule has 2 aromatic carbocycles. The highest BCUT2D eigenvalue weighted by molar-refractivity contribution is 6.30. The first-order valence-electron chi connectivity index (χ1n) is 6.46. The molecular weight excluding hydrogens is 291 g/mol. The zero-order valence-corrected chi connectivity index (χ0v) is 12.0. The van der Waals surface area contributed by atoms with Gasteiger partial charge in [0.05, 0.1) is 11.6 Å². The Hall–Kier alpha value is -2.02. The number of aliphatic hydroxyl groups excluding tert-OH is 1. The van der Waals surface area contributed by atoms with Crippen molar-refractivity contribution in [3.8, 4) is 17.6 Å². The summed E-state index contributed by atoms with van der Waals surface area (Å²) in [6, 6.07) is 11.9. The van der Waals surface area contributed by atoms with Crippen LogP contribution in [0.3, 0.4) is 0 Å². The Morgan fingerprint density at radius 1 is 1.19 bits per heavy atom. The van der Waals surface area contributed by atoms with Crippen LogP contribution in [0.1, 0.15) is 17.5 Å². The first-order chi connectivity index (χ1) is 10.2. The lowest BCUT2D eigenvalue weighted by molar-refractivity contribution is 0.304. The number of hydrogen-bond acceptors (Lipinski definition) is 2. The van der Waals surface area contributed by atoms with E-state index in [1.165, 1.54) is 12.1 Å². The minimum Gasteiger partial charge on any atom is -0.489 e. The third-order valence-corrected chi connectivity index (χ3v) is 3.07. The van der Waals surface area contributed by atoms with Gasteiger partial charge in [-0.1, -0.05) is 41.6 Å². The minimum absolute atomic E-state index is 0.0374. The number of aliphatic hydroxyl groups is 1. The van der Waals surface area contributed by atoms with Gasteiger partial charge in [-0.15, -0.1) is 0 Å². The molecule has 0 aliphatic carbocycles. The third-order valence-electron chi connectivity index (χ3n) is 2.76. The average Bonchev–Trinajstić information content (AvgIpc) is 2.50. The lowest BCUT2D eigenvalue weighted by Crippen LogP contribution is -1.98. The summed E-state index contributed by atoms with van der Waals surface area (Å²) in [5, 5.41) is 8.81. The number of halogens is 2. The summed E-state index contributed by atoms with van der Waals surface area (Å²) in [6.07, 6.45) is 0.428. The molecule has 0 unspecified atom stereocenters. The largest absolute Gasteiger partial charge is 0.489 e. The van der Waals surface area contributed by atoms with Crippen LogP contribution >= 0.6 is 11.6 Å². The first-order valence-corrected chi connectivity index (χ1v) is 6.84. The van der Waals surface area contributed by atoms with E-state index in [0.717, 1.165) is 11.1 Å². The van der Waals surface area contributed by atoms with Crippen LogP contribution in [0.15, 0.2) is 42.5 Å². The van der Waals surface area contributed by atoms with E-state index in [4.69, 9.17) is 21.4 Å². The maximum atomic E-state index is 13.3. The molecule has 2 rings (SSSR count). The van der Waals surface area contributed by atoms with E-state index >= 15 is 0 Å². The predicted octanol–water partition coefficient (Wildman–Crippen LogP) is 3.79. The Labute approximate surface area is 128 Å². The van der Waals surface area contributed by atoms with Crippen molar-refractivity contribution in [1.29, 1.82) is 0 Å². The molecule has 21 heavy (non-hydrogen) atoms. The van der Waals surface area contributed by atoms with Crippen LogP contribution < -0.4 is 4.74 Å². The third kappa shape index (κ3) is 4.49. The van der Waals surface area contributed by atoms with Gasteiger partial charge in [0.15, 0.2) is 0 Å². The van der Waals surface area contributed by atoms with Gasteiger partial charge in [0.25, 0.3) is 0 Å². The molecule has 0 atom stereocenters. The summed E-state index contributed by atoms with van der Waals surface area (Å²) in [6.45, 7) is 0.320. The molecule has 0 radical (unpaired) electrons. The lowest BCUT2D eigenvalue weighted by atomic mass is 10.1. The smallest absolute Gasteiger partial charge is 0.145 e. The van der Waals surface area contributed by atoms with E-state index in [-0.39, 0.29) is 18.2 Å². The normalized spacial score (nSPS) is 9.86. The summed E-state index contributed by atoms with van der Waals surface area (Å²) in [7, 11) is 0. The highest BCUT2D eigenvalue weighted by Crippen LogP contribution is 2.21. The molecule has 0 heterocycles. The summed E-state index contributed by atoms with van der Waals surface area (Å²) in [5.74, 6) is 5.76. The van der Waals surface area contributed by atoms with Gasteiger partial charge < -0.3 is 9.84 Å². The van der Waals surface area contributed by atoms with Gasteiger partial charge in [-0.05, 0) is 18.2 Å². The second-order valence-corrected chi connectivity index (χ2v) is 4.70. The Morgan fingerprint density at radius 3 is 2.76 bits per heavy atom. The van der Waals surface area contributed by atoms with Crippen molar-refractivity contribution < 1.29 is 14.2 Å². The van der Waals surface area contributed by atoms with Crippen molar-refractivity contribution in [3.63, 3.8) is 0 Å².